The minimum atomic E-state index is -0.137. The molecule has 1 fully saturated rings. The van der Waals surface area contributed by atoms with Crippen molar-refractivity contribution in [1.29, 1.82) is 0 Å². The molecule has 2 aromatic rings. The van der Waals surface area contributed by atoms with Crippen molar-refractivity contribution in [1.82, 2.24) is 0 Å². The maximum Gasteiger partial charge on any atom is 0.193 e. The number of ether oxygens (including phenoxy) is 2. The number of aliphatic imine (C=N–C) groups is 1. The number of aryl methyl sites for hydroxylation is 1. The Morgan fingerprint density at radius 3 is 2.66 bits per heavy atom. The van der Waals surface area contributed by atoms with Crippen LogP contribution in [-0.2, 0) is 10.2 Å². The summed E-state index contributed by atoms with van der Waals surface area (Å²) in [6.45, 7) is 8.50. The molecule has 29 heavy (non-hydrogen) atoms. The largest absolute Gasteiger partial charge is 0.496 e. The van der Waals surface area contributed by atoms with Gasteiger partial charge in [0.2, 0.25) is 0 Å². The molecule has 5 heteroatoms. The molecular formula is C24H33N3O2. The van der Waals surface area contributed by atoms with Gasteiger partial charge in [0, 0.05) is 29.9 Å². The molecule has 2 aromatic carbocycles. The molecule has 0 spiro atoms. The number of nitrogens with two attached hydrogens (primary N) is 1. The Bertz CT molecular complexity index is 855. The third-order valence-electron chi connectivity index (χ3n) is 5.75. The van der Waals surface area contributed by atoms with Crippen LogP contribution in [0.15, 0.2) is 47.5 Å². The highest BCUT2D eigenvalue weighted by molar-refractivity contribution is 5.92. The summed E-state index contributed by atoms with van der Waals surface area (Å²) in [5, 5.41) is 3.25. The molecule has 0 unspecified atom stereocenters. The molecule has 0 atom stereocenters. The fourth-order valence-corrected chi connectivity index (χ4v) is 3.91. The first-order valence-electron chi connectivity index (χ1n) is 10.3. The van der Waals surface area contributed by atoms with Crippen molar-refractivity contribution in [2.45, 2.75) is 44.9 Å². The second-order valence-corrected chi connectivity index (χ2v) is 8.20. The molecule has 156 valence electrons. The van der Waals surface area contributed by atoms with Gasteiger partial charge in [-0.3, -0.25) is 4.99 Å². The van der Waals surface area contributed by atoms with E-state index in [0.717, 1.165) is 37.5 Å². The first kappa shape index (κ1) is 21.2. The van der Waals surface area contributed by atoms with Gasteiger partial charge in [0.05, 0.1) is 13.7 Å². The van der Waals surface area contributed by atoms with E-state index in [1.807, 2.05) is 18.2 Å². The number of rotatable bonds is 6. The second-order valence-electron chi connectivity index (χ2n) is 8.20. The summed E-state index contributed by atoms with van der Waals surface area (Å²) in [4.78, 5) is 4.74. The van der Waals surface area contributed by atoms with E-state index in [-0.39, 0.29) is 5.41 Å². The molecule has 1 heterocycles. The van der Waals surface area contributed by atoms with Gasteiger partial charge in [0.15, 0.2) is 5.96 Å². The molecule has 0 aromatic heterocycles. The maximum atomic E-state index is 6.26. The number of guanidine groups is 1. The van der Waals surface area contributed by atoms with Gasteiger partial charge in [-0.2, -0.15) is 0 Å². The molecule has 1 aliphatic rings. The van der Waals surface area contributed by atoms with Crippen molar-refractivity contribution >= 4 is 11.6 Å². The number of nitrogens with one attached hydrogen (secondary N) is 1. The monoisotopic (exact) mass is 395 g/mol. The zero-order chi connectivity index (χ0) is 20.9. The fourth-order valence-electron chi connectivity index (χ4n) is 3.91. The summed E-state index contributed by atoms with van der Waals surface area (Å²) in [6.07, 6.45) is 1.79. The summed E-state index contributed by atoms with van der Waals surface area (Å²) < 4.78 is 11.3. The average Bonchev–Trinajstić information content (AvgIpc) is 2.73. The number of benzene rings is 2. The predicted octanol–water partition coefficient (Wildman–Crippen LogP) is 4.60. The Kier molecular flexibility index (Phi) is 6.80. The van der Waals surface area contributed by atoms with E-state index in [1.54, 1.807) is 7.11 Å². The molecule has 0 amide bonds. The molecule has 0 radical (unpaired) electrons. The van der Waals surface area contributed by atoms with E-state index < -0.39 is 0 Å². The quantitative estimate of drug-likeness (QED) is 0.554. The Morgan fingerprint density at radius 1 is 1.21 bits per heavy atom. The summed E-state index contributed by atoms with van der Waals surface area (Å²) in [6, 6.07) is 14.7. The van der Waals surface area contributed by atoms with E-state index >= 15 is 0 Å². The Balaban J connectivity index is 1.84. The lowest BCUT2D eigenvalue weighted by Crippen LogP contribution is -2.38. The SMILES string of the molecule is COc1ccc(C)cc1C1(CN=C(N)Nc2cccc(C(C)C)c2)CCOCC1. The summed E-state index contributed by atoms with van der Waals surface area (Å²) in [5.74, 6) is 1.81. The van der Waals surface area contributed by atoms with Crippen molar-refractivity contribution in [2.75, 3.05) is 32.2 Å². The number of anilines is 1. The van der Waals surface area contributed by atoms with Gasteiger partial charge in [0.1, 0.15) is 5.75 Å². The summed E-state index contributed by atoms with van der Waals surface area (Å²) in [7, 11) is 1.72. The lowest BCUT2D eigenvalue weighted by atomic mass is 9.73. The minimum absolute atomic E-state index is 0.137. The maximum absolute atomic E-state index is 6.26. The first-order valence-corrected chi connectivity index (χ1v) is 10.3. The number of hydrogen-bond donors (Lipinski definition) is 2. The van der Waals surface area contributed by atoms with Gasteiger partial charge in [-0.05, 0) is 49.4 Å². The van der Waals surface area contributed by atoms with Crippen LogP contribution in [0.2, 0.25) is 0 Å². The predicted molar refractivity (Wildman–Crippen MR) is 120 cm³/mol. The van der Waals surface area contributed by atoms with Gasteiger partial charge in [-0.1, -0.05) is 43.7 Å². The topological polar surface area (TPSA) is 68.9 Å². The highest BCUT2D eigenvalue weighted by Gasteiger charge is 2.37. The molecule has 5 nitrogen and oxygen atoms in total. The highest BCUT2D eigenvalue weighted by Crippen LogP contribution is 2.40. The van der Waals surface area contributed by atoms with Gasteiger partial charge in [-0.25, -0.2) is 0 Å². The number of nitrogens with zero attached hydrogens (tertiary/aromatic N) is 1. The van der Waals surface area contributed by atoms with Crippen molar-refractivity contribution in [2.24, 2.45) is 10.7 Å². The van der Waals surface area contributed by atoms with Gasteiger partial charge in [-0.15, -0.1) is 0 Å². The van der Waals surface area contributed by atoms with Crippen molar-refractivity contribution < 1.29 is 9.47 Å². The van der Waals surface area contributed by atoms with E-state index in [4.69, 9.17) is 20.2 Å². The van der Waals surface area contributed by atoms with Crippen LogP contribution in [0.4, 0.5) is 5.69 Å². The molecule has 1 saturated heterocycles. The summed E-state index contributed by atoms with van der Waals surface area (Å²) in [5.41, 5.74) is 10.8. The fraction of sp³-hybridized carbons (Fsp3) is 0.458. The van der Waals surface area contributed by atoms with Crippen molar-refractivity contribution in [3.63, 3.8) is 0 Å². The van der Waals surface area contributed by atoms with Crippen molar-refractivity contribution in [3.05, 3.63) is 59.2 Å². The highest BCUT2D eigenvalue weighted by atomic mass is 16.5. The van der Waals surface area contributed by atoms with Crippen LogP contribution < -0.4 is 15.8 Å². The zero-order valence-electron chi connectivity index (χ0n) is 18.0. The second kappa shape index (κ2) is 9.31. The van der Waals surface area contributed by atoms with E-state index in [1.165, 1.54) is 16.7 Å². The van der Waals surface area contributed by atoms with Crippen LogP contribution in [0.5, 0.6) is 5.75 Å². The van der Waals surface area contributed by atoms with E-state index in [2.05, 4.69) is 50.4 Å². The third-order valence-corrected chi connectivity index (χ3v) is 5.75. The van der Waals surface area contributed by atoms with Gasteiger partial charge < -0.3 is 20.5 Å². The third kappa shape index (κ3) is 5.10. The Labute approximate surface area is 174 Å². The molecule has 3 rings (SSSR count). The molecular weight excluding hydrogens is 362 g/mol. The lowest BCUT2D eigenvalue weighted by molar-refractivity contribution is 0.0523. The first-order chi connectivity index (χ1) is 13.9. The van der Waals surface area contributed by atoms with Crippen LogP contribution in [-0.4, -0.2) is 32.8 Å². The standard InChI is InChI=1S/C24H33N3O2/c1-17(2)19-6-5-7-20(15-19)27-23(25)26-16-24(10-12-29-13-11-24)21-14-18(3)8-9-22(21)28-4/h5-9,14-15,17H,10-13,16H2,1-4H3,(H3,25,26,27). The van der Waals surface area contributed by atoms with Crippen LogP contribution in [0.1, 0.15) is 49.3 Å². The Hall–Kier alpha value is -2.53. The zero-order valence-corrected chi connectivity index (χ0v) is 18.0. The lowest BCUT2D eigenvalue weighted by Gasteiger charge is -2.37. The van der Waals surface area contributed by atoms with Crippen LogP contribution >= 0.6 is 0 Å². The Morgan fingerprint density at radius 2 is 1.97 bits per heavy atom. The number of hydrogen-bond acceptors (Lipinski definition) is 3. The minimum Gasteiger partial charge on any atom is -0.496 e. The van der Waals surface area contributed by atoms with Gasteiger partial charge in [0.25, 0.3) is 0 Å². The van der Waals surface area contributed by atoms with Crippen LogP contribution in [0.25, 0.3) is 0 Å². The molecule has 0 aliphatic carbocycles. The van der Waals surface area contributed by atoms with Gasteiger partial charge >= 0.3 is 0 Å². The van der Waals surface area contributed by atoms with E-state index in [0.29, 0.717) is 18.4 Å². The normalized spacial score (nSPS) is 16.7. The average molecular weight is 396 g/mol. The summed E-state index contributed by atoms with van der Waals surface area (Å²) >= 11 is 0. The van der Waals surface area contributed by atoms with E-state index in [9.17, 15) is 0 Å². The molecule has 3 N–H and O–H groups in total. The molecule has 0 saturated carbocycles. The molecule has 1 aliphatic heterocycles. The molecule has 0 bridgehead atoms. The van der Waals surface area contributed by atoms with Crippen LogP contribution in [0.3, 0.4) is 0 Å². The number of methoxy groups -OCH3 is 1. The van der Waals surface area contributed by atoms with Crippen LogP contribution in [0, 0.1) is 6.92 Å². The smallest absolute Gasteiger partial charge is 0.193 e. The van der Waals surface area contributed by atoms with Crippen molar-refractivity contribution in [3.8, 4) is 5.75 Å².